The Hall–Kier alpha value is -0.180. The molecule has 1 aliphatic rings. The first-order valence-electron chi connectivity index (χ1n) is 5.02. The van der Waals surface area contributed by atoms with Gasteiger partial charge in [-0.25, -0.2) is 0 Å². The van der Waals surface area contributed by atoms with Crippen LogP contribution in [0.1, 0.15) is 39.0 Å². The summed E-state index contributed by atoms with van der Waals surface area (Å²) in [5.74, 6) is 1.35. The van der Waals surface area contributed by atoms with Crippen molar-refractivity contribution >= 4 is 17.7 Å². The van der Waals surface area contributed by atoms with Crippen LogP contribution in [0.15, 0.2) is 0 Å². The number of carboxylic acid groups (broad SMARTS) is 1. The van der Waals surface area contributed by atoms with Crippen LogP contribution in [-0.4, -0.2) is 22.1 Å². The predicted octanol–water partition coefficient (Wildman–Crippen LogP) is 2.77. The quantitative estimate of drug-likeness (QED) is 0.745. The lowest BCUT2D eigenvalue weighted by molar-refractivity contribution is -0.136. The molecule has 1 aliphatic carbocycles. The van der Waals surface area contributed by atoms with Crippen LogP contribution >= 0.6 is 11.8 Å². The van der Waals surface area contributed by atoms with Gasteiger partial charge in [0.2, 0.25) is 0 Å². The van der Waals surface area contributed by atoms with E-state index in [1.165, 1.54) is 25.7 Å². The Balaban J connectivity index is 2.06. The highest BCUT2D eigenvalue weighted by Crippen LogP contribution is 2.29. The molecule has 0 aromatic carbocycles. The molecule has 2 nitrogen and oxygen atoms in total. The van der Waals surface area contributed by atoms with Crippen molar-refractivity contribution in [3.63, 3.8) is 0 Å². The zero-order chi connectivity index (χ0) is 9.68. The van der Waals surface area contributed by atoms with E-state index < -0.39 is 5.97 Å². The smallest absolute Gasteiger partial charge is 0.304 e. The Labute approximate surface area is 84.1 Å². The number of thioether (sulfide) groups is 1. The fourth-order valence-corrected chi connectivity index (χ4v) is 2.98. The number of carboxylic acids is 1. The Morgan fingerprint density at radius 1 is 1.54 bits per heavy atom. The van der Waals surface area contributed by atoms with E-state index >= 15 is 0 Å². The largest absolute Gasteiger partial charge is 0.481 e. The van der Waals surface area contributed by atoms with Gasteiger partial charge in [-0.15, -0.1) is 0 Å². The normalized spacial score (nSPS) is 20.4. The lowest BCUT2D eigenvalue weighted by Gasteiger charge is -2.12. The number of aliphatic carboxylic acids is 1. The third kappa shape index (κ3) is 4.55. The van der Waals surface area contributed by atoms with Crippen molar-refractivity contribution in [2.45, 2.75) is 44.3 Å². The molecule has 1 atom stereocenters. The van der Waals surface area contributed by atoms with Gasteiger partial charge in [0.15, 0.2) is 0 Å². The van der Waals surface area contributed by atoms with Crippen LogP contribution in [-0.2, 0) is 4.79 Å². The van der Waals surface area contributed by atoms with Gasteiger partial charge in [0.25, 0.3) is 0 Å². The summed E-state index contributed by atoms with van der Waals surface area (Å²) in [6.07, 6.45) is 5.76. The summed E-state index contributed by atoms with van der Waals surface area (Å²) in [6.45, 7) is 2.01. The van der Waals surface area contributed by atoms with Crippen molar-refractivity contribution in [1.82, 2.24) is 0 Å². The summed E-state index contributed by atoms with van der Waals surface area (Å²) in [5, 5.41) is 8.84. The molecule has 3 heteroatoms. The molecule has 0 radical (unpaired) electrons. The molecule has 1 rings (SSSR count). The van der Waals surface area contributed by atoms with E-state index in [2.05, 4.69) is 0 Å². The topological polar surface area (TPSA) is 37.3 Å². The molecule has 1 saturated carbocycles. The second-order valence-corrected chi connectivity index (χ2v) is 5.36. The van der Waals surface area contributed by atoms with Gasteiger partial charge in [-0.2, -0.15) is 11.8 Å². The molecule has 0 spiro atoms. The van der Waals surface area contributed by atoms with E-state index in [1.807, 2.05) is 18.7 Å². The third-order valence-electron chi connectivity index (χ3n) is 2.55. The van der Waals surface area contributed by atoms with Crippen molar-refractivity contribution < 1.29 is 9.90 Å². The zero-order valence-electron chi connectivity index (χ0n) is 8.16. The van der Waals surface area contributed by atoms with E-state index in [0.717, 1.165) is 11.7 Å². The molecule has 0 aliphatic heterocycles. The number of hydrogen-bond acceptors (Lipinski definition) is 2. The molecular weight excluding hydrogens is 184 g/mol. The van der Waals surface area contributed by atoms with Crippen LogP contribution < -0.4 is 0 Å². The summed E-state index contributed by atoms with van der Waals surface area (Å²) < 4.78 is 0. The highest BCUT2D eigenvalue weighted by atomic mass is 32.2. The van der Waals surface area contributed by atoms with Gasteiger partial charge in [0.1, 0.15) is 0 Å². The molecule has 0 aromatic rings. The Morgan fingerprint density at radius 3 is 2.69 bits per heavy atom. The van der Waals surface area contributed by atoms with Gasteiger partial charge in [-0.3, -0.25) is 4.79 Å². The summed E-state index contributed by atoms with van der Waals surface area (Å²) in [4.78, 5) is 10.4. The highest BCUT2D eigenvalue weighted by Gasteiger charge is 2.16. The first kappa shape index (κ1) is 10.9. The van der Waals surface area contributed by atoms with Gasteiger partial charge in [0.05, 0.1) is 6.42 Å². The lowest BCUT2D eigenvalue weighted by atomic mass is 10.1. The van der Waals surface area contributed by atoms with Gasteiger partial charge in [-0.05, 0) is 24.5 Å². The molecule has 0 aromatic heterocycles. The van der Waals surface area contributed by atoms with Crippen LogP contribution in [0.3, 0.4) is 0 Å². The van der Waals surface area contributed by atoms with Crippen molar-refractivity contribution in [2.75, 3.05) is 5.75 Å². The zero-order valence-corrected chi connectivity index (χ0v) is 8.98. The second-order valence-electron chi connectivity index (χ2n) is 3.89. The molecule has 0 bridgehead atoms. The average Bonchev–Trinajstić information content (AvgIpc) is 2.51. The van der Waals surface area contributed by atoms with Crippen molar-refractivity contribution in [1.29, 1.82) is 0 Å². The van der Waals surface area contributed by atoms with Crippen molar-refractivity contribution in [3.05, 3.63) is 0 Å². The monoisotopic (exact) mass is 202 g/mol. The van der Waals surface area contributed by atoms with Crippen LogP contribution in [0.4, 0.5) is 0 Å². The van der Waals surface area contributed by atoms with Crippen molar-refractivity contribution in [3.8, 4) is 0 Å². The van der Waals surface area contributed by atoms with Crippen LogP contribution in [0.5, 0.6) is 0 Å². The predicted molar refractivity (Wildman–Crippen MR) is 56.1 cm³/mol. The van der Waals surface area contributed by atoms with Gasteiger partial charge >= 0.3 is 5.97 Å². The lowest BCUT2D eigenvalue weighted by Crippen LogP contribution is -2.08. The third-order valence-corrected chi connectivity index (χ3v) is 3.95. The Bertz CT molecular complexity index is 164. The molecule has 1 N–H and O–H groups in total. The maximum atomic E-state index is 10.4. The molecule has 1 unspecified atom stereocenters. The van der Waals surface area contributed by atoms with E-state index in [1.54, 1.807) is 0 Å². The van der Waals surface area contributed by atoms with Crippen LogP contribution in [0.25, 0.3) is 0 Å². The standard InChI is InChI=1S/C10H18O2S/c1-8(6-10(11)12)13-7-9-4-2-3-5-9/h8-9H,2-7H2,1H3,(H,11,12). The van der Waals surface area contributed by atoms with Crippen LogP contribution in [0.2, 0.25) is 0 Å². The molecule has 0 saturated heterocycles. The molecule has 0 amide bonds. The SMILES string of the molecule is CC(CC(=O)O)SCC1CCCC1. The second kappa shape index (κ2) is 5.53. The molecular formula is C10H18O2S. The van der Waals surface area contributed by atoms with Crippen LogP contribution in [0, 0.1) is 5.92 Å². The Kier molecular flexibility index (Phi) is 4.64. The first-order valence-corrected chi connectivity index (χ1v) is 6.06. The van der Waals surface area contributed by atoms with E-state index in [4.69, 9.17) is 5.11 Å². The summed E-state index contributed by atoms with van der Waals surface area (Å²) in [6, 6.07) is 0. The molecule has 1 fully saturated rings. The Morgan fingerprint density at radius 2 is 2.15 bits per heavy atom. The molecule has 0 heterocycles. The maximum absolute atomic E-state index is 10.4. The van der Waals surface area contributed by atoms with E-state index in [9.17, 15) is 4.79 Å². The minimum atomic E-state index is -0.675. The highest BCUT2D eigenvalue weighted by molar-refractivity contribution is 7.99. The maximum Gasteiger partial charge on any atom is 0.304 e. The van der Waals surface area contributed by atoms with Gasteiger partial charge in [0, 0.05) is 5.25 Å². The minimum Gasteiger partial charge on any atom is -0.481 e. The van der Waals surface area contributed by atoms with E-state index in [-0.39, 0.29) is 5.25 Å². The summed E-state index contributed by atoms with van der Waals surface area (Å²) in [5.41, 5.74) is 0. The molecule has 76 valence electrons. The fourth-order valence-electron chi connectivity index (χ4n) is 1.78. The van der Waals surface area contributed by atoms with Gasteiger partial charge < -0.3 is 5.11 Å². The first-order chi connectivity index (χ1) is 6.18. The fraction of sp³-hybridized carbons (Fsp3) is 0.900. The number of rotatable bonds is 5. The van der Waals surface area contributed by atoms with Crippen molar-refractivity contribution in [2.24, 2.45) is 5.92 Å². The number of carbonyl (C=O) groups is 1. The average molecular weight is 202 g/mol. The minimum absolute atomic E-state index is 0.276. The van der Waals surface area contributed by atoms with Gasteiger partial charge in [-0.1, -0.05) is 19.8 Å². The summed E-state index contributed by atoms with van der Waals surface area (Å²) in [7, 11) is 0. The number of hydrogen-bond donors (Lipinski definition) is 1. The molecule has 13 heavy (non-hydrogen) atoms. The van der Waals surface area contributed by atoms with E-state index in [0.29, 0.717) is 6.42 Å². The summed E-state index contributed by atoms with van der Waals surface area (Å²) >= 11 is 1.82.